The zero-order valence-corrected chi connectivity index (χ0v) is 12.9. The van der Waals surface area contributed by atoms with E-state index >= 15 is 0 Å². The van der Waals surface area contributed by atoms with Crippen LogP contribution in [-0.2, 0) is 19.9 Å². The Kier molecular flexibility index (Phi) is 5.89. The average molecular weight is 318 g/mol. The predicted molar refractivity (Wildman–Crippen MR) is 73.2 cm³/mol. The SMILES string of the molecule is CS(=O)(=O)CCS(=O)(=O)N(CCCCl)C1CCC1. The van der Waals surface area contributed by atoms with Crippen molar-refractivity contribution in [3.8, 4) is 0 Å². The van der Waals surface area contributed by atoms with Crippen LogP contribution < -0.4 is 0 Å². The Hall–Kier alpha value is 0.150. The molecule has 0 spiro atoms. The first-order chi connectivity index (χ1) is 8.26. The van der Waals surface area contributed by atoms with Crippen LogP contribution in [0.3, 0.4) is 0 Å². The monoisotopic (exact) mass is 317 g/mol. The first-order valence-corrected chi connectivity index (χ1v) is 10.2. The lowest BCUT2D eigenvalue weighted by Gasteiger charge is -2.36. The number of halogens is 1. The second-order valence-corrected chi connectivity index (χ2v) is 9.36. The molecule has 0 bridgehead atoms. The fourth-order valence-corrected chi connectivity index (χ4v) is 5.29. The minimum atomic E-state index is -3.49. The molecule has 1 rings (SSSR count). The standard InChI is InChI=1S/C10H20ClNO4S2/c1-17(13,14)8-9-18(15,16)12(7-3-6-11)10-4-2-5-10/h10H,2-9H2,1H3. The van der Waals surface area contributed by atoms with E-state index in [-0.39, 0.29) is 17.5 Å². The van der Waals surface area contributed by atoms with Crippen LogP contribution in [0.25, 0.3) is 0 Å². The highest BCUT2D eigenvalue weighted by atomic mass is 35.5. The highest BCUT2D eigenvalue weighted by molar-refractivity contribution is 7.93. The summed E-state index contributed by atoms with van der Waals surface area (Å²) in [4.78, 5) is 0. The Bertz CT molecular complexity index is 456. The van der Waals surface area contributed by atoms with Crippen molar-refractivity contribution in [2.45, 2.75) is 31.7 Å². The van der Waals surface area contributed by atoms with E-state index in [9.17, 15) is 16.8 Å². The Labute approximate surface area is 114 Å². The second kappa shape index (κ2) is 6.54. The van der Waals surface area contributed by atoms with Gasteiger partial charge in [-0.25, -0.2) is 16.8 Å². The topological polar surface area (TPSA) is 71.5 Å². The third-order valence-corrected chi connectivity index (χ3v) is 6.45. The van der Waals surface area contributed by atoms with Crippen molar-refractivity contribution in [2.24, 2.45) is 0 Å². The number of hydrogen-bond donors (Lipinski definition) is 0. The maximum absolute atomic E-state index is 12.1. The third-order valence-electron chi connectivity index (χ3n) is 3.06. The van der Waals surface area contributed by atoms with Gasteiger partial charge in [0.05, 0.1) is 11.5 Å². The molecule has 0 amide bonds. The van der Waals surface area contributed by atoms with Crippen molar-refractivity contribution < 1.29 is 16.8 Å². The molecule has 0 atom stereocenters. The van der Waals surface area contributed by atoms with Gasteiger partial charge >= 0.3 is 0 Å². The fraction of sp³-hybridized carbons (Fsp3) is 1.00. The molecule has 5 nitrogen and oxygen atoms in total. The van der Waals surface area contributed by atoms with Crippen LogP contribution in [0.2, 0.25) is 0 Å². The smallest absolute Gasteiger partial charge is 0.215 e. The summed E-state index contributed by atoms with van der Waals surface area (Å²) in [7, 11) is -6.75. The summed E-state index contributed by atoms with van der Waals surface area (Å²) in [6, 6.07) is 0.0396. The molecular weight excluding hydrogens is 298 g/mol. The molecule has 0 unspecified atom stereocenters. The van der Waals surface area contributed by atoms with Gasteiger partial charge in [0.25, 0.3) is 0 Å². The van der Waals surface area contributed by atoms with Crippen molar-refractivity contribution in [1.82, 2.24) is 4.31 Å². The van der Waals surface area contributed by atoms with E-state index in [0.29, 0.717) is 18.8 Å². The summed E-state index contributed by atoms with van der Waals surface area (Å²) in [6.45, 7) is 0.389. The van der Waals surface area contributed by atoms with E-state index in [0.717, 1.165) is 25.5 Å². The maximum atomic E-state index is 12.1. The predicted octanol–water partition coefficient (Wildman–Crippen LogP) is 0.844. The summed E-state index contributed by atoms with van der Waals surface area (Å²) >= 11 is 5.59. The molecule has 0 aromatic rings. The second-order valence-electron chi connectivity index (χ2n) is 4.68. The fourth-order valence-electron chi connectivity index (χ4n) is 1.81. The molecule has 0 heterocycles. The van der Waals surface area contributed by atoms with Gasteiger partial charge < -0.3 is 0 Å². The van der Waals surface area contributed by atoms with E-state index in [1.165, 1.54) is 4.31 Å². The molecule has 0 saturated heterocycles. The highest BCUT2D eigenvalue weighted by Gasteiger charge is 2.33. The zero-order chi connectivity index (χ0) is 13.8. The molecule has 1 aliphatic rings. The number of alkyl halides is 1. The Balaban J connectivity index is 2.69. The molecular formula is C10H20ClNO4S2. The molecule has 18 heavy (non-hydrogen) atoms. The molecule has 1 fully saturated rings. The first-order valence-electron chi connectivity index (χ1n) is 5.99. The van der Waals surface area contributed by atoms with Crippen LogP contribution in [-0.4, -0.2) is 57.4 Å². The van der Waals surface area contributed by atoms with Crippen molar-refractivity contribution in [1.29, 1.82) is 0 Å². The van der Waals surface area contributed by atoms with Crippen LogP contribution in [0, 0.1) is 0 Å². The Morgan fingerprint density at radius 3 is 2.17 bits per heavy atom. The van der Waals surface area contributed by atoms with E-state index < -0.39 is 19.9 Å². The molecule has 8 heteroatoms. The van der Waals surface area contributed by atoms with Gasteiger partial charge in [-0.05, 0) is 19.3 Å². The van der Waals surface area contributed by atoms with Crippen LogP contribution in [0.1, 0.15) is 25.7 Å². The van der Waals surface area contributed by atoms with E-state index in [2.05, 4.69) is 0 Å². The molecule has 0 aromatic heterocycles. The van der Waals surface area contributed by atoms with Gasteiger partial charge in [-0.3, -0.25) is 0 Å². The maximum Gasteiger partial charge on any atom is 0.215 e. The molecule has 0 N–H and O–H groups in total. The molecule has 0 aliphatic heterocycles. The van der Waals surface area contributed by atoms with Crippen molar-refractivity contribution >= 4 is 31.5 Å². The van der Waals surface area contributed by atoms with Crippen molar-refractivity contribution in [3.05, 3.63) is 0 Å². The van der Waals surface area contributed by atoms with Crippen LogP contribution in [0.4, 0.5) is 0 Å². The van der Waals surface area contributed by atoms with Crippen LogP contribution in [0.15, 0.2) is 0 Å². The van der Waals surface area contributed by atoms with Gasteiger partial charge in [-0.2, -0.15) is 4.31 Å². The zero-order valence-electron chi connectivity index (χ0n) is 10.5. The molecule has 1 aliphatic carbocycles. The van der Waals surface area contributed by atoms with Gasteiger partial charge in [-0.1, -0.05) is 6.42 Å². The van der Waals surface area contributed by atoms with Crippen molar-refractivity contribution in [2.75, 3.05) is 30.2 Å². The Morgan fingerprint density at radius 1 is 1.17 bits per heavy atom. The first kappa shape index (κ1) is 16.2. The lowest BCUT2D eigenvalue weighted by molar-refractivity contribution is 0.220. The lowest BCUT2D eigenvalue weighted by atomic mass is 9.93. The quantitative estimate of drug-likeness (QED) is 0.622. The molecule has 1 saturated carbocycles. The summed E-state index contributed by atoms with van der Waals surface area (Å²) in [5.74, 6) is -0.241. The summed E-state index contributed by atoms with van der Waals surface area (Å²) in [5.41, 5.74) is 0. The highest BCUT2D eigenvalue weighted by Crippen LogP contribution is 2.27. The minimum Gasteiger partial charge on any atom is -0.229 e. The number of rotatable bonds is 8. The van der Waals surface area contributed by atoms with E-state index in [1.54, 1.807) is 0 Å². The number of sulfone groups is 1. The van der Waals surface area contributed by atoms with Crippen LogP contribution >= 0.6 is 11.6 Å². The largest absolute Gasteiger partial charge is 0.229 e. The number of hydrogen-bond acceptors (Lipinski definition) is 4. The lowest BCUT2D eigenvalue weighted by Crippen LogP contribution is -2.46. The molecule has 0 aromatic carbocycles. The average Bonchev–Trinajstić information content (AvgIpc) is 2.17. The van der Waals surface area contributed by atoms with Gasteiger partial charge in [0, 0.05) is 24.7 Å². The van der Waals surface area contributed by atoms with Gasteiger partial charge in [-0.15, -0.1) is 11.6 Å². The molecule has 0 radical (unpaired) electrons. The van der Waals surface area contributed by atoms with Crippen LogP contribution in [0.5, 0.6) is 0 Å². The third kappa shape index (κ3) is 5.03. The van der Waals surface area contributed by atoms with Gasteiger partial charge in [0.1, 0.15) is 9.84 Å². The summed E-state index contributed by atoms with van der Waals surface area (Å²) in [5, 5.41) is 0. The minimum absolute atomic E-state index is 0.0396. The summed E-state index contributed by atoms with van der Waals surface area (Å²) in [6.07, 6.45) is 4.40. The normalized spacial score (nSPS) is 17.9. The van der Waals surface area contributed by atoms with Gasteiger partial charge in [0.15, 0.2) is 0 Å². The Morgan fingerprint density at radius 2 is 1.78 bits per heavy atom. The number of sulfonamides is 1. The van der Waals surface area contributed by atoms with E-state index in [4.69, 9.17) is 11.6 Å². The summed E-state index contributed by atoms with van der Waals surface area (Å²) < 4.78 is 47.8. The van der Waals surface area contributed by atoms with Crippen molar-refractivity contribution in [3.63, 3.8) is 0 Å². The van der Waals surface area contributed by atoms with E-state index in [1.807, 2.05) is 0 Å². The van der Waals surface area contributed by atoms with Gasteiger partial charge in [0.2, 0.25) is 10.0 Å². The molecule has 108 valence electrons. The number of nitrogens with zero attached hydrogens (tertiary/aromatic N) is 1.